The molecule has 1 aromatic rings. The van der Waals surface area contributed by atoms with Crippen molar-refractivity contribution in [2.45, 2.75) is 58.2 Å². The van der Waals surface area contributed by atoms with Gasteiger partial charge in [-0.3, -0.25) is 9.58 Å². The highest BCUT2D eigenvalue weighted by molar-refractivity contribution is 5.07. The van der Waals surface area contributed by atoms with E-state index in [2.05, 4.69) is 47.9 Å². The second-order valence-corrected chi connectivity index (χ2v) is 6.77. The molecule has 4 heteroatoms. The van der Waals surface area contributed by atoms with Crippen LogP contribution in [0.25, 0.3) is 0 Å². The summed E-state index contributed by atoms with van der Waals surface area (Å²) in [5.41, 5.74) is 1.55. The Balaban J connectivity index is 1.70. The normalized spacial score (nSPS) is 29.6. The van der Waals surface area contributed by atoms with E-state index in [0.717, 1.165) is 38.5 Å². The van der Waals surface area contributed by atoms with Crippen molar-refractivity contribution in [1.82, 2.24) is 20.0 Å². The summed E-state index contributed by atoms with van der Waals surface area (Å²) in [4.78, 5) is 2.66. The van der Waals surface area contributed by atoms with E-state index in [4.69, 9.17) is 5.10 Å². The van der Waals surface area contributed by atoms with Crippen molar-refractivity contribution < 1.29 is 0 Å². The number of hydrogen-bond donors (Lipinski definition) is 1. The minimum absolute atomic E-state index is 0.332. The zero-order chi connectivity index (χ0) is 14.2. The lowest BCUT2D eigenvalue weighted by molar-refractivity contribution is 0.0471. The van der Waals surface area contributed by atoms with Crippen LogP contribution in [0.3, 0.4) is 0 Å². The van der Waals surface area contributed by atoms with E-state index in [1.54, 1.807) is 0 Å². The maximum absolute atomic E-state index is 4.77. The minimum Gasteiger partial charge on any atom is -0.314 e. The fourth-order valence-electron chi connectivity index (χ4n) is 3.38. The predicted octanol–water partition coefficient (Wildman–Crippen LogP) is 2.43. The Morgan fingerprint density at radius 1 is 1.50 bits per heavy atom. The molecule has 0 aromatic carbocycles. The highest BCUT2D eigenvalue weighted by atomic mass is 15.3. The lowest BCUT2D eigenvalue weighted by Crippen LogP contribution is -2.60. The molecule has 1 saturated carbocycles. The summed E-state index contributed by atoms with van der Waals surface area (Å²) in [6, 6.07) is 2.70. The van der Waals surface area contributed by atoms with E-state index in [0.29, 0.717) is 11.6 Å². The van der Waals surface area contributed by atoms with Crippen LogP contribution >= 0.6 is 0 Å². The van der Waals surface area contributed by atoms with Gasteiger partial charge >= 0.3 is 0 Å². The largest absolute Gasteiger partial charge is 0.314 e. The Labute approximate surface area is 122 Å². The van der Waals surface area contributed by atoms with Crippen molar-refractivity contribution >= 4 is 0 Å². The quantitative estimate of drug-likeness (QED) is 0.896. The Kier molecular flexibility index (Phi) is 3.87. The van der Waals surface area contributed by atoms with E-state index in [1.807, 2.05) is 0 Å². The molecule has 112 valence electrons. The number of nitrogens with zero attached hydrogens (tertiary/aromatic N) is 3. The highest BCUT2D eigenvalue weighted by Gasteiger charge is 2.46. The van der Waals surface area contributed by atoms with Gasteiger partial charge in [0.05, 0.1) is 5.69 Å². The third-order valence-electron chi connectivity index (χ3n) is 5.28. The lowest BCUT2D eigenvalue weighted by Gasteiger charge is -2.45. The summed E-state index contributed by atoms with van der Waals surface area (Å²) >= 11 is 0. The first-order valence-corrected chi connectivity index (χ1v) is 8.13. The van der Waals surface area contributed by atoms with Crippen molar-refractivity contribution in [2.24, 2.45) is 5.92 Å². The third-order valence-corrected chi connectivity index (χ3v) is 5.28. The average Bonchev–Trinajstić information content (AvgIpc) is 3.22. The monoisotopic (exact) mass is 276 g/mol. The van der Waals surface area contributed by atoms with Crippen LogP contribution in [0.5, 0.6) is 0 Å². The van der Waals surface area contributed by atoms with Gasteiger partial charge in [-0.25, -0.2) is 0 Å². The lowest BCUT2D eigenvalue weighted by atomic mass is 9.91. The molecular formula is C16H28N4. The molecule has 1 aliphatic carbocycles. The second kappa shape index (κ2) is 5.49. The maximum atomic E-state index is 4.77. The second-order valence-electron chi connectivity index (χ2n) is 6.77. The number of nitrogens with one attached hydrogen (secondary N) is 1. The fourth-order valence-corrected chi connectivity index (χ4v) is 3.38. The zero-order valence-electron chi connectivity index (χ0n) is 13.1. The molecule has 1 saturated heterocycles. The first-order chi connectivity index (χ1) is 9.63. The summed E-state index contributed by atoms with van der Waals surface area (Å²) < 4.78 is 2.12. The third kappa shape index (κ3) is 2.63. The summed E-state index contributed by atoms with van der Waals surface area (Å²) in [5.74, 6) is 0.881. The van der Waals surface area contributed by atoms with E-state index in [-0.39, 0.29) is 0 Å². The molecule has 3 rings (SSSR count). The molecule has 1 aliphatic heterocycles. The van der Waals surface area contributed by atoms with Gasteiger partial charge in [-0.2, -0.15) is 5.10 Å². The summed E-state index contributed by atoms with van der Waals surface area (Å²) in [6.07, 6.45) is 6.07. The van der Waals surface area contributed by atoms with Gasteiger partial charge in [-0.05, 0) is 45.1 Å². The molecule has 2 aliphatic rings. The molecule has 2 atom stereocenters. The minimum atomic E-state index is 0.332. The van der Waals surface area contributed by atoms with Crippen LogP contribution in [-0.2, 0) is 6.54 Å². The van der Waals surface area contributed by atoms with E-state index in [1.165, 1.54) is 18.5 Å². The van der Waals surface area contributed by atoms with Crippen LogP contribution in [0.4, 0.5) is 0 Å². The zero-order valence-corrected chi connectivity index (χ0v) is 13.1. The smallest absolute Gasteiger partial charge is 0.0765 e. The van der Waals surface area contributed by atoms with Crippen LogP contribution in [0, 0.1) is 5.92 Å². The predicted molar refractivity (Wildman–Crippen MR) is 81.6 cm³/mol. The number of hydrogen-bond acceptors (Lipinski definition) is 3. The van der Waals surface area contributed by atoms with E-state index >= 15 is 0 Å². The molecule has 0 amide bonds. The summed E-state index contributed by atoms with van der Waals surface area (Å²) in [6.45, 7) is 11.3. The molecule has 0 bridgehead atoms. The van der Waals surface area contributed by atoms with Crippen LogP contribution in [0.15, 0.2) is 12.3 Å². The van der Waals surface area contributed by atoms with Crippen LogP contribution in [0.1, 0.15) is 51.8 Å². The highest BCUT2D eigenvalue weighted by Crippen LogP contribution is 2.43. The molecule has 20 heavy (non-hydrogen) atoms. The van der Waals surface area contributed by atoms with Crippen LogP contribution in [0.2, 0.25) is 0 Å². The molecule has 2 fully saturated rings. The fraction of sp³-hybridized carbons (Fsp3) is 0.812. The van der Waals surface area contributed by atoms with Gasteiger partial charge in [-0.15, -0.1) is 0 Å². The Morgan fingerprint density at radius 3 is 3.00 bits per heavy atom. The number of rotatable bonds is 5. The first kappa shape index (κ1) is 14.1. The molecular weight excluding hydrogens is 248 g/mol. The van der Waals surface area contributed by atoms with Crippen LogP contribution < -0.4 is 5.32 Å². The van der Waals surface area contributed by atoms with Crippen LogP contribution in [-0.4, -0.2) is 39.9 Å². The van der Waals surface area contributed by atoms with Gasteiger partial charge in [0.1, 0.15) is 0 Å². The molecule has 1 aromatic heterocycles. The Hall–Kier alpha value is -0.870. The number of piperazine rings is 1. The first-order valence-electron chi connectivity index (χ1n) is 8.13. The molecule has 2 unspecified atom stereocenters. The molecule has 1 N–H and O–H groups in total. The van der Waals surface area contributed by atoms with Gasteiger partial charge in [0.15, 0.2) is 0 Å². The summed E-state index contributed by atoms with van der Waals surface area (Å²) in [5, 5.41) is 8.35. The summed E-state index contributed by atoms with van der Waals surface area (Å²) in [7, 11) is 0. The van der Waals surface area contributed by atoms with E-state index in [9.17, 15) is 0 Å². The average molecular weight is 276 g/mol. The SMILES string of the molecule is CCC(C)n1ccc(CN2CCNCC2(C)C2CC2)n1. The van der Waals surface area contributed by atoms with Crippen molar-refractivity contribution in [3.63, 3.8) is 0 Å². The van der Waals surface area contributed by atoms with Crippen molar-refractivity contribution in [1.29, 1.82) is 0 Å². The molecule has 0 spiro atoms. The van der Waals surface area contributed by atoms with Gasteiger partial charge in [0.25, 0.3) is 0 Å². The van der Waals surface area contributed by atoms with Gasteiger partial charge in [0, 0.05) is 44.0 Å². The van der Waals surface area contributed by atoms with Crippen molar-refractivity contribution in [2.75, 3.05) is 19.6 Å². The molecule has 2 heterocycles. The van der Waals surface area contributed by atoms with E-state index < -0.39 is 0 Å². The van der Waals surface area contributed by atoms with Crippen molar-refractivity contribution in [3.05, 3.63) is 18.0 Å². The van der Waals surface area contributed by atoms with Gasteiger partial charge in [-0.1, -0.05) is 6.92 Å². The topological polar surface area (TPSA) is 33.1 Å². The number of aromatic nitrogens is 2. The maximum Gasteiger partial charge on any atom is 0.0765 e. The van der Waals surface area contributed by atoms with Gasteiger partial charge in [0.2, 0.25) is 0 Å². The van der Waals surface area contributed by atoms with Crippen molar-refractivity contribution in [3.8, 4) is 0 Å². The Bertz CT molecular complexity index is 451. The standard InChI is InChI=1S/C16H28N4/c1-4-13(2)20-9-7-15(18-20)11-19-10-8-17-12-16(19,3)14-5-6-14/h7,9,13-14,17H,4-6,8,10-12H2,1-3H3. The Morgan fingerprint density at radius 2 is 2.30 bits per heavy atom. The van der Waals surface area contributed by atoms with Gasteiger partial charge < -0.3 is 5.32 Å². The molecule has 4 nitrogen and oxygen atoms in total. The molecule has 0 radical (unpaired) electrons.